The van der Waals surface area contributed by atoms with Gasteiger partial charge in [-0.2, -0.15) is 21.6 Å². The number of carbonyl (C=O) groups is 1. The van der Waals surface area contributed by atoms with Crippen molar-refractivity contribution in [1.29, 1.82) is 0 Å². The van der Waals surface area contributed by atoms with E-state index in [-0.39, 0.29) is 0 Å². The number of aromatic hydroxyl groups is 1. The van der Waals surface area contributed by atoms with E-state index in [0.717, 1.165) is 6.07 Å². The minimum atomic E-state index is -4.66. The zero-order valence-corrected chi connectivity index (χ0v) is 10.6. The number of nitrogens with one attached hydrogen (secondary N) is 1. The maximum Gasteiger partial charge on any atom is 0.416 e. The van der Waals surface area contributed by atoms with Crippen LogP contribution >= 0.6 is 0 Å². The Morgan fingerprint density at radius 2 is 1.90 bits per heavy atom. The van der Waals surface area contributed by atoms with Crippen LogP contribution in [0.4, 0.5) is 13.2 Å². The Kier molecular flexibility index (Phi) is 4.61. The topological polar surface area (TPSA) is 104 Å². The fourth-order valence-electron chi connectivity index (χ4n) is 1.29. The molecule has 20 heavy (non-hydrogen) atoms. The van der Waals surface area contributed by atoms with Gasteiger partial charge >= 0.3 is 6.18 Å². The molecule has 3 N–H and O–H groups in total. The largest absolute Gasteiger partial charge is 0.507 e. The number of carbonyl (C=O) groups excluding carboxylic acids is 1. The summed E-state index contributed by atoms with van der Waals surface area (Å²) < 4.78 is 66.2. The highest BCUT2D eigenvalue weighted by Gasteiger charge is 2.31. The second-order valence-corrected chi connectivity index (χ2v) is 5.34. The van der Waals surface area contributed by atoms with Gasteiger partial charge in [0.25, 0.3) is 16.0 Å². The summed E-state index contributed by atoms with van der Waals surface area (Å²) in [5.41, 5.74) is -1.56. The van der Waals surface area contributed by atoms with E-state index in [9.17, 15) is 31.5 Å². The minimum Gasteiger partial charge on any atom is -0.507 e. The number of phenols is 1. The van der Waals surface area contributed by atoms with Gasteiger partial charge in [-0.1, -0.05) is 0 Å². The molecule has 0 unspecified atom stereocenters. The molecule has 0 aliphatic rings. The maximum atomic E-state index is 12.3. The molecule has 10 heteroatoms. The summed E-state index contributed by atoms with van der Waals surface area (Å²) in [5.74, 6) is -2.59. The average Bonchev–Trinajstić information content (AvgIpc) is 2.25. The molecule has 1 rings (SSSR count). The first-order chi connectivity index (χ1) is 9.00. The second kappa shape index (κ2) is 5.67. The molecule has 1 amide bonds. The van der Waals surface area contributed by atoms with Gasteiger partial charge in [-0.05, 0) is 18.2 Å². The van der Waals surface area contributed by atoms with Gasteiger partial charge < -0.3 is 10.4 Å². The van der Waals surface area contributed by atoms with Crippen molar-refractivity contribution in [1.82, 2.24) is 5.32 Å². The lowest BCUT2D eigenvalue weighted by Gasteiger charge is -2.10. The average molecular weight is 313 g/mol. The smallest absolute Gasteiger partial charge is 0.416 e. The van der Waals surface area contributed by atoms with Crippen LogP contribution in [0.15, 0.2) is 18.2 Å². The number of rotatable bonds is 4. The number of hydrogen-bond donors (Lipinski definition) is 3. The van der Waals surface area contributed by atoms with Crippen molar-refractivity contribution in [2.75, 3.05) is 12.3 Å². The summed E-state index contributed by atoms with van der Waals surface area (Å²) in [6.45, 7) is -0.446. The predicted octanol–water partition coefficient (Wildman–Crippen LogP) is 1.03. The predicted molar refractivity (Wildman–Crippen MR) is 61.9 cm³/mol. The van der Waals surface area contributed by atoms with Gasteiger partial charge in [-0.15, -0.1) is 0 Å². The second-order valence-electron chi connectivity index (χ2n) is 3.77. The monoisotopic (exact) mass is 313 g/mol. The number of benzene rings is 1. The lowest BCUT2D eigenvalue weighted by Crippen LogP contribution is -2.29. The van der Waals surface area contributed by atoms with E-state index in [1.54, 1.807) is 0 Å². The van der Waals surface area contributed by atoms with Gasteiger partial charge in [0, 0.05) is 6.54 Å². The Hall–Kier alpha value is -1.81. The fourth-order valence-corrected chi connectivity index (χ4v) is 1.65. The molecule has 0 fully saturated rings. The number of alkyl halides is 3. The van der Waals surface area contributed by atoms with Crippen LogP contribution in [0, 0.1) is 0 Å². The van der Waals surface area contributed by atoms with Crippen molar-refractivity contribution in [2.45, 2.75) is 6.18 Å². The zero-order valence-electron chi connectivity index (χ0n) is 9.81. The van der Waals surface area contributed by atoms with Gasteiger partial charge in [-0.25, -0.2) is 0 Å². The Balaban J connectivity index is 2.80. The van der Waals surface area contributed by atoms with E-state index in [0.29, 0.717) is 12.1 Å². The van der Waals surface area contributed by atoms with Crippen molar-refractivity contribution >= 4 is 16.0 Å². The van der Waals surface area contributed by atoms with Crippen molar-refractivity contribution in [2.24, 2.45) is 0 Å². The van der Waals surface area contributed by atoms with E-state index in [4.69, 9.17) is 4.55 Å². The normalized spacial score (nSPS) is 12.2. The molecule has 0 aromatic heterocycles. The number of phenolic OH excluding ortho intramolecular Hbond substituents is 1. The number of hydrogen-bond acceptors (Lipinski definition) is 4. The van der Waals surface area contributed by atoms with Crippen LogP contribution in [0.1, 0.15) is 15.9 Å². The number of amides is 1. The molecule has 1 aromatic carbocycles. The molecular weight excluding hydrogens is 303 g/mol. The van der Waals surface area contributed by atoms with Crippen molar-refractivity contribution in [3.05, 3.63) is 29.3 Å². The summed E-state index contributed by atoms with van der Waals surface area (Å²) in [6, 6.07) is 1.76. The van der Waals surface area contributed by atoms with Crippen LogP contribution in [0.25, 0.3) is 0 Å². The van der Waals surface area contributed by atoms with E-state index in [2.05, 4.69) is 0 Å². The van der Waals surface area contributed by atoms with Gasteiger partial charge in [0.1, 0.15) is 5.75 Å². The Morgan fingerprint density at radius 3 is 2.35 bits per heavy atom. The van der Waals surface area contributed by atoms with Crippen LogP contribution < -0.4 is 5.32 Å². The summed E-state index contributed by atoms with van der Waals surface area (Å²) in [5, 5.41) is 11.4. The van der Waals surface area contributed by atoms with Gasteiger partial charge in [0.15, 0.2) is 0 Å². The highest BCUT2D eigenvalue weighted by molar-refractivity contribution is 7.85. The fraction of sp³-hybridized carbons (Fsp3) is 0.300. The van der Waals surface area contributed by atoms with Crippen molar-refractivity contribution in [3.8, 4) is 5.75 Å². The Labute approximate surface area is 112 Å². The third-order valence-electron chi connectivity index (χ3n) is 2.22. The maximum absolute atomic E-state index is 12.3. The standard InChI is InChI=1S/C10H10F3NO5S/c11-10(12,13)6-1-2-7(8(15)5-6)9(16)14-3-4-20(17,18)19/h1-2,5,15H,3-4H2,(H,14,16)(H,17,18,19). The van der Waals surface area contributed by atoms with Crippen LogP contribution in [0.5, 0.6) is 5.75 Å². The van der Waals surface area contributed by atoms with Crippen LogP contribution in [-0.2, 0) is 16.3 Å². The van der Waals surface area contributed by atoms with Crippen molar-refractivity contribution in [3.63, 3.8) is 0 Å². The Morgan fingerprint density at radius 1 is 1.30 bits per heavy atom. The van der Waals surface area contributed by atoms with Gasteiger partial charge in [0.2, 0.25) is 0 Å². The summed E-state index contributed by atoms with van der Waals surface area (Å²) in [6.07, 6.45) is -4.66. The summed E-state index contributed by atoms with van der Waals surface area (Å²) in [4.78, 5) is 11.5. The van der Waals surface area contributed by atoms with E-state index in [1.807, 2.05) is 5.32 Å². The zero-order chi connectivity index (χ0) is 15.6. The quantitative estimate of drug-likeness (QED) is 0.720. The van der Waals surface area contributed by atoms with Gasteiger partial charge in [-0.3, -0.25) is 9.35 Å². The van der Waals surface area contributed by atoms with E-state index in [1.165, 1.54) is 0 Å². The van der Waals surface area contributed by atoms with E-state index < -0.39 is 51.4 Å². The van der Waals surface area contributed by atoms with Gasteiger partial charge in [0.05, 0.1) is 16.9 Å². The molecule has 112 valence electrons. The first-order valence-electron chi connectivity index (χ1n) is 5.14. The van der Waals surface area contributed by atoms with Crippen molar-refractivity contribution < 1.29 is 36.0 Å². The van der Waals surface area contributed by atoms with Crippen LogP contribution in [0.2, 0.25) is 0 Å². The highest BCUT2D eigenvalue weighted by atomic mass is 32.2. The molecule has 0 bridgehead atoms. The lowest BCUT2D eigenvalue weighted by molar-refractivity contribution is -0.137. The summed E-state index contributed by atoms with van der Waals surface area (Å²) in [7, 11) is -4.26. The molecule has 0 saturated carbocycles. The van der Waals surface area contributed by atoms with E-state index >= 15 is 0 Å². The molecule has 0 heterocycles. The first-order valence-corrected chi connectivity index (χ1v) is 6.75. The lowest BCUT2D eigenvalue weighted by atomic mass is 10.1. The first kappa shape index (κ1) is 16.2. The molecule has 1 aromatic rings. The van der Waals surface area contributed by atoms with Crippen LogP contribution in [0.3, 0.4) is 0 Å². The number of halogens is 3. The van der Waals surface area contributed by atoms with Crippen LogP contribution in [-0.4, -0.2) is 36.3 Å². The highest BCUT2D eigenvalue weighted by Crippen LogP contribution is 2.32. The molecule has 0 radical (unpaired) electrons. The molecule has 0 saturated heterocycles. The molecule has 0 aliphatic carbocycles. The molecule has 0 atom stereocenters. The molecular formula is C10H10F3NO5S. The SMILES string of the molecule is O=C(NCCS(=O)(=O)O)c1ccc(C(F)(F)F)cc1O. The summed E-state index contributed by atoms with van der Waals surface area (Å²) >= 11 is 0. The molecule has 0 aliphatic heterocycles. The minimum absolute atomic E-state index is 0.387. The molecule has 6 nitrogen and oxygen atoms in total. The third kappa shape index (κ3) is 4.70. The Bertz CT molecular complexity index is 612. The third-order valence-corrected chi connectivity index (χ3v) is 2.94. The molecule has 0 spiro atoms.